The van der Waals surface area contributed by atoms with Gasteiger partial charge >= 0.3 is 30.3 Å². The van der Waals surface area contributed by atoms with Crippen molar-refractivity contribution in [3.8, 4) is 0 Å². The van der Waals surface area contributed by atoms with Gasteiger partial charge in [0.25, 0.3) is 0 Å². The molecule has 36 heavy (non-hydrogen) atoms. The van der Waals surface area contributed by atoms with Gasteiger partial charge in [0.2, 0.25) is 5.91 Å². The molecule has 2 unspecified atom stereocenters. The number of esters is 2. The number of imide groups is 1. The number of hydrogen-bond acceptors (Lipinski definition) is 7. The lowest BCUT2D eigenvalue weighted by Crippen LogP contribution is -2.70. The van der Waals surface area contributed by atoms with E-state index in [1.54, 1.807) is 5.32 Å². The van der Waals surface area contributed by atoms with Crippen molar-refractivity contribution in [2.24, 2.45) is 11.8 Å². The third-order valence-corrected chi connectivity index (χ3v) is 6.15. The summed E-state index contributed by atoms with van der Waals surface area (Å²) in [6.45, 7) is 0. The number of pyridine rings is 1. The normalized spacial score (nSPS) is 21.9. The Morgan fingerprint density at radius 2 is 1.78 bits per heavy atom. The molecule has 9 nitrogen and oxygen atoms in total. The molecule has 0 aromatic carbocycles. The summed E-state index contributed by atoms with van der Waals surface area (Å²) in [4.78, 5) is 52.8. The van der Waals surface area contributed by atoms with E-state index in [9.17, 15) is 45.5 Å². The molecule has 15 heteroatoms. The van der Waals surface area contributed by atoms with Crippen molar-refractivity contribution in [2.75, 3.05) is 5.73 Å². The van der Waals surface area contributed by atoms with Crippen LogP contribution in [-0.4, -0.2) is 58.2 Å². The molecule has 2 aliphatic rings. The van der Waals surface area contributed by atoms with Crippen LogP contribution in [0.2, 0.25) is 0 Å². The summed E-state index contributed by atoms with van der Waals surface area (Å²) >= 11 is 0. The average molecular weight is 524 g/mol. The minimum atomic E-state index is -5.56. The zero-order chi connectivity index (χ0) is 26.8. The molecule has 1 saturated heterocycles. The van der Waals surface area contributed by atoms with E-state index >= 15 is 0 Å². The standard InChI is InChI=1S/C21H22F6N4O5/c22-20(23,24)15(11-4-2-1-3-5-11)30-19(35)31-14(17(33)36-18(34)21(25,26)27)12(16(31)32)8-10-6-7-29-13(28)9-10/h6-7,9,11-12,14-15H,1-5,8H2,(H2,28,29)(H,30,35)/t12?,14?,15-/m0/s1. The van der Waals surface area contributed by atoms with Gasteiger partial charge in [-0.05, 0) is 42.9 Å². The molecule has 1 aliphatic carbocycles. The van der Waals surface area contributed by atoms with Crippen molar-refractivity contribution in [3.05, 3.63) is 23.9 Å². The number of ether oxygens (including phenoxy) is 1. The van der Waals surface area contributed by atoms with E-state index in [-0.39, 0.29) is 30.0 Å². The summed E-state index contributed by atoms with van der Waals surface area (Å²) in [6, 6.07) is -3.37. The molecular weight excluding hydrogens is 502 g/mol. The minimum absolute atomic E-state index is 0.0146. The molecule has 3 N–H and O–H groups in total. The number of aromatic nitrogens is 1. The Kier molecular flexibility index (Phi) is 7.79. The Morgan fingerprint density at radius 1 is 1.14 bits per heavy atom. The van der Waals surface area contributed by atoms with Gasteiger partial charge in [-0.15, -0.1) is 0 Å². The van der Waals surface area contributed by atoms with Crippen molar-refractivity contribution < 1.29 is 50.3 Å². The van der Waals surface area contributed by atoms with E-state index in [1.165, 1.54) is 18.3 Å². The third kappa shape index (κ3) is 6.05. The number of nitrogen functional groups attached to an aromatic ring is 1. The number of rotatable bonds is 5. The van der Waals surface area contributed by atoms with Crippen LogP contribution >= 0.6 is 0 Å². The number of hydrogen-bond donors (Lipinski definition) is 2. The van der Waals surface area contributed by atoms with E-state index in [4.69, 9.17) is 5.73 Å². The number of alkyl halides is 6. The van der Waals surface area contributed by atoms with Crippen LogP contribution < -0.4 is 11.1 Å². The summed E-state index contributed by atoms with van der Waals surface area (Å²) < 4.78 is 82.7. The van der Waals surface area contributed by atoms with Crippen molar-refractivity contribution >= 4 is 29.7 Å². The summed E-state index contributed by atoms with van der Waals surface area (Å²) in [7, 11) is 0. The predicted octanol–water partition coefficient (Wildman–Crippen LogP) is 2.89. The molecule has 1 saturated carbocycles. The number of nitrogens with one attached hydrogen (secondary N) is 1. The zero-order valence-corrected chi connectivity index (χ0v) is 18.6. The minimum Gasteiger partial charge on any atom is -0.385 e. The SMILES string of the molecule is Nc1cc(CC2C(=O)N(C(=O)N[C@@H](C3CCCCC3)C(F)(F)F)C2C(=O)OC(=O)C(F)(F)F)ccn1. The first kappa shape index (κ1) is 27.2. The van der Waals surface area contributed by atoms with Gasteiger partial charge in [-0.3, -0.25) is 4.79 Å². The van der Waals surface area contributed by atoms with Crippen molar-refractivity contribution in [1.82, 2.24) is 15.2 Å². The molecule has 0 radical (unpaired) electrons. The highest BCUT2D eigenvalue weighted by Gasteiger charge is 2.58. The number of β-lactam (4-membered cyclic amide) rings is 1. The Morgan fingerprint density at radius 3 is 2.33 bits per heavy atom. The van der Waals surface area contributed by atoms with Crippen LogP contribution in [0.4, 0.5) is 37.0 Å². The maximum absolute atomic E-state index is 13.7. The molecule has 1 aromatic heterocycles. The number of nitrogens with two attached hydrogens (primary N) is 1. The summed E-state index contributed by atoms with van der Waals surface area (Å²) in [5.74, 6) is -8.39. The topological polar surface area (TPSA) is 132 Å². The number of anilines is 1. The second-order valence-corrected chi connectivity index (χ2v) is 8.63. The molecule has 1 aromatic rings. The number of likely N-dealkylation sites (tertiary alicyclic amines) is 1. The lowest BCUT2D eigenvalue weighted by Gasteiger charge is -2.44. The van der Waals surface area contributed by atoms with Gasteiger partial charge in [-0.1, -0.05) is 19.3 Å². The Hall–Kier alpha value is -3.39. The molecule has 2 heterocycles. The van der Waals surface area contributed by atoms with Gasteiger partial charge in [0.1, 0.15) is 11.9 Å². The number of nitrogens with zero attached hydrogens (tertiary/aromatic N) is 2. The van der Waals surface area contributed by atoms with Crippen LogP contribution in [0.25, 0.3) is 0 Å². The summed E-state index contributed by atoms with van der Waals surface area (Å²) in [6.07, 6.45) is -7.48. The van der Waals surface area contributed by atoms with E-state index in [0.717, 1.165) is 6.42 Å². The highest BCUT2D eigenvalue weighted by Crippen LogP contribution is 2.36. The number of urea groups is 1. The van der Waals surface area contributed by atoms with Crippen LogP contribution in [0.3, 0.4) is 0 Å². The average Bonchev–Trinajstić information content (AvgIpc) is 2.78. The number of carbonyl (C=O) groups is 4. The highest BCUT2D eigenvalue weighted by atomic mass is 19.4. The van der Waals surface area contributed by atoms with E-state index in [2.05, 4.69) is 9.72 Å². The largest absolute Gasteiger partial charge is 0.491 e. The smallest absolute Gasteiger partial charge is 0.385 e. The Balaban J connectivity index is 1.84. The first-order valence-electron chi connectivity index (χ1n) is 10.9. The Bertz CT molecular complexity index is 1020. The van der Waals surface area contributed by atoms with Crippen molar-refractivity contribution in [2.45, 2.75) is 63.0 Å². The quantitative estimate of drug-likeness (QED) is 0.262. The second kappa shape index (κ2) is 10.3. The molecule has 3 amide bonds. The second-order valence-electron chi connectivity index (χ2n) is 8.63. The first-order chi connectivity index (χ1) is 16.7. The molecule has 1 aliphatic heterocycles. The third-order valence-electron chi connectivity index (χ3n) is 6.15. The molecule has 198 valence electrons. The first-order valence-corrected chi connectivity index (χ1v) is 10.9. The monoisotopic (exact) mass is 524 g/mol. The predicted molar refractivity (Wildman–Crippen MR) is 109 cm³/mol. The summed E-state index contributed by atoms with van der Waals surface area (Å²) in [5.41, 5.74) is 5.84. The molecular formula is C21H22F6N4O5. The maximum Gasteiger partial charge on any atom is 0.491 e. The van der Waals surface area contributed by atoms with Crippen LogP contribution in [0.15, 0.2) is 18.3 Å². The number of halogens is 6. The molecule has 3 rings (SSSR count). The zero-order valence-electron chi connectivity index (χ0n) is 18.6. The highest BCUT2D eigenvalue weighted by molar-refractivity contribution is 6.09. The van der Waals surface area contributed by atoms with Crippen LogP contribution in [-0.2, 0) is 25.5 Å². The van der Waals surface area contributed by atoms with Crippen molar-refractivity contribution in [3.63, 3.8) is 0 Å². The number of amides is 3. The van der Waals surface area contributed by atoms with E-state index in [0.29, 0.717) is 18.4 Å². The summed E-state index contributed by atoms with van der Waals surface area (Å²) in [5, 5.41) is 1.72. The number of carbonyl (C=O) groups excluding carboxylic acids is 4. The fourth-order valence-electron chi connectivity index (χ4n) is 4.47. The lowest BCUT2D eigenvalue weighted by molar-refractivity contribution is -0.205. The Labute approximate surface area is 200 Å². The van der Waals surface area contributed by atoms with Gasteiger partial charge in [0.05, 0.1) is 5.92 Å². The van der Waals surface area contributed by atoms with Gasteiger partial charge < -0.3 is 15.8 Å². The lowest BCUT2D eigenvalue weighted by atomic mass is 9.82. The van der Waals surface area contributed by atoms with Crippen molar-refractivity contribution in [1.29, 1.82) is 0 Å². The fraction of sp³-hybridized carbons (Fsp3) is 0.571. The van der Waals surface area contributed by atoms with Gasteiger partial charge in [-0.25, -0.2) is 24.3 Å². The van der Waals surface area contributed by atoms with Crippen LogP contribution in [0, 0.1) is 11.8 Å². The molecule has 3 atom stereocenters. The molecule has 0 spiro atoms. The molecule has 0 bridgehead atoms. The van der Waals surface area contributed by atoms with Crippen LogP contribution in [0.5, 0.6) is 0 Å². The van der Waals surface area contributed by atoms with Crippen LogP contribution in [0.1, 0.15) is 37.7 Å². The molecule has 2 fully saturated rings. The van der Waals surface area contributed by atoms with E-state index in [1.807, 2.05) is 0 Å². The maximum atomic E-state index is 13.7. The van der Waals surface area contributed by atoms with Gasteiger partial charge in [-0.2, -0.15) is 26.3 Å². The fourth-order valence-corrected chi connectivity index (χ4v) is 4.47. The van der Waals surface area contributed by atoms with Gasteiger partial charge in [0, 0.05) is 6.20 Å². The van der Waals surface area contributed by atoms with E-state index < -0.39 is 60.1 Å². The van der Waals surface area contributed by atoms with Gasteiger partial charge in [0.15, 0.2) is 6.04 Å².